The molecule has 1 aromatic carbocycles. The van der Waals surface area contributed by atoms with Crippen LogP contribution in [-0.2, 0) is 4.74 Å². The summed E-state index contributed by atoms with van der Waals surface area (Å²) in [5.41, 5.74) is 2.89. The Labute approximate surface area is 216 Å². The van der Waals surface area contributed by atoms with Gasteiger partial charge in [0.25, 0.3) is 0 Å². The van der Waals surface area contributed by atoms with Crippen LogP contribution < -0.4 is 4.74 Å². The van der Waals surface area contributed by atoms with Crippen LogP contribution in [0.1, 0.15) is 128 Å². The van der Waals surface area contributed by atoms with E-state index in [9.17, 15) is 0 Å². The predicted molar refractivity (Wildman–Crippen MR) is 148 cm³/mol. The molecule has 0 amide bonds. The second-order valence-corrected chi connectivity index (χ2v) is 12.0. The maximum absolute atomic E-state index is 6.26. The Bertz CT molecular complexity index is 712. The third-order valence-electron chi connectivity index (χ3n) is 9.45. The molecule has 3 fully saturated rings. The number of hydrogen-bond donors (Lipinski definition) is 0. The fourth-order valence-corrected chi connectivity index (χ4v) is 7.01. The summed E-state index contributed by atoms with van der Waals surface area (Å²) in [6.45, 7) is 8.15. The summed E-state index contributed by atoms with van der Waals surface area (Å²) in [5, 5.41) is 0. The van der Waals surface area contributed by atoms with Crippen LogP contribution in [0.15, 0.2) is 36.4 Å². The third kappa shape index (κ3) is 8.66. The minimum Gasteiger partial charge on any atom is -0.494 e. The first-order chi connectivity index (χ1) is 17.2. The van der Waals surface area contributed by atoms with Crippen molar-refractivity contribution >= 4 is 0 Å². The summed E-state index contributed by atoms with van der Waals surface area (Å²) in [6, 6.07) is 8.86. The van der Waals surface area contributed by atoms with Gasteiger partial charge in [0.2, 0.25) is 0 Å². The molecule has 2 nitrogen and oxygen atoms in total. The normalized spacial score (nSPS) is 28.2. The lowest BCUT2D eigenvalue weighted by Gasteiger charge is -2.37. The second kappa shape index (κ2) is 14.5. The molecule has 0 bridgehead atoms. The van der Waals surface area contributed by atoms with E-state index in [1.54, 1.807) is 0 Å². The van der Waals surface area contributed by atoms with Crippen LogP contribution in [0.5, 0.6) is 5.75 Å². The summed E-state index contributed by atoms with van der Waals surface area (Å²) in [7, 11) is 0. The number of unbranched alkanes of at least 4 members (excludes halogenated alkanes) is 2. The lowest BCUT2D eigenvalue weighted by molar-refractivity contribution is 0.00458. The Morgan fingerprint density at radius 2 is 1.37 bits per heavy atom. The quantitative estimate of drug-likeness (QED) is 0.219. The standard InChI is InChI=1S/C33H52O2/c1-3-4-7-27-10-14-29(15-11-27)31-18-22-33(23-19-31)35-25-6-5-24-34-32-20-16-30(17-21-32)28-12-8-26(2)9-13-28/h16-17,20-21,27-29,31,33H,2-15,18-19,22-25H2,1H3. The summed E-state index contributed by atoms with van der Waals surface area (Å²) in [4.78, 5) is 0. The zero-order valence-corrected chi connectivity index (χ0v) is 22.7. The molecule has 3 saturated carbocycles. The third-order valence-corrected chi connectivity index (χ3v) is 9.45. The molecule has 3 aliphatic rings. The highest BCUT2D eigenvalue weighted by Crippen LogP contribution is 2.41. The van der Waals surface area contributed by atoms with Gasteiger partial charge in [-0.05, 0) is 118 Å². The fraction of sp³-hybridized carbons (Fsp3) is 0.758. The number of rotatable bonds is 12. The van der Waals surface area contributed by atoms with E-state index in [2.05, 4.69) is 37.8 Å². The Morgan fingerprint density at radius 1 is 0.743 bits per heavy atom. The van der Waals surface area contributed by atoms with Crippen LogP contribution in [0, 0.1) is 17.8 Å². The smallest absolute Gasteiger partial charge is 0.119 e. The van der Waals surface area contributed by atoms with Gasteiger partial charge in [-0.2, -0.15) is 0 Å². The van der Waals surface area contributed by atoms with E-state index >= 15 is 0 Å². The summed E-state index contributed by atoms with van der Waals surface area (Å²) >= 11 is 0. The van der Waals surface area contributed by atoms with Gasteiger partial charge in [0.15, 0.2) is 0 Å². The molecular formula is C33H52O2. The predicted octanol–water partition coefficient (Wildman–Crippen LogP) is 9.63. The molecule has 0 unspecified atom stereocenters. The summed E-state index contributed by atoms with van der Waals surface area (Å²) < 4.78 is 12.3. The monoisotopic (exact) mass is 480 g/mol. The fourth-order valence-electron chi connectivity index (χ4n) is 7.01. The Kier molecular flexibility index (Phi) is 11.1. The van der Waals surface area contributed by atoms with Gasteiger partial charge in [0.05, 0.1) is 12.7 Å². The number of hydrogen-bond acceptors (Lipinski definition) is 2. The number of ether oxygens (including phenoxy) is 2. The Balaban J connectivity index is 1.02. The zero-order valence-electron chi connectivity index (χ0n) is 22.7. The van der Waals surface area contributed by atoms with Crippen LogP contribution in [0.4, 0.5) is 0 Å². The van der Waals surface area contributed by atoms with Crippen LogP contribution in [0.2, 0.25) is 0 Å². The van der Waals surface area contributed by atoms with E-state index in [1.807, 2.05) is 0 Å². The van der Waals surface area contributed by atoms with E-state index < -0.39 is 0 Å². The average molecular weight is 481 g/mol. The van der Waals surface area contributed by atoms with Crippen LogP contribution in [0.25, 0.3) is 0 Å². The van der Waals surface area contributed by atoms with Crippen LogP contribution in [-0.4, -0.2) is 19.3 Å². The molecule has 4 rings (SSSR count). The number of benzene rings is 1. The van der Waals surface area contributed by atoms with Crippen molar-refractivity contribution < 1.29 is 9.47 Å². The Morgan fingerprint density at radius 3 is 2.03 bits per heavy atom. The van der Waals surface area contributed by atoms with Crippen LogP contribution in [0.3, 0.4) is 0 Å². The molecule has 35 heavy (non-hydrogen) atoms. The van der Waals surface area contributed by atoms with Crippen molar-refractivity contribution in [2.45, 2.75) is 128 Å². The highest BCUT2D eigenvalue weighted by Gasteiger charge is 2.30. The zero-order chi connectivity index (χ0) is 24.3. The van der Waals surface area contributed by atoms with E-state index in [0.29, 0.717) is 12.0 Å². The van der Waals surface area contributed by atoms with Crippen molar-refractivity contribution in [1.82, 2.24) is 0 Å². The van der Waals surface area contributed by atoms with Crippen LogP contribution >= 0.6 is 0 Å². The van der Waals surface area contributed by atoms with Crippen molar-refractivity contribution in [2.75, 3.05) is 13.2 Å². The molecule has 0 aliphatic heterocycles. The molecule has 0 saturated heterocycles. The lowest BCUT2D eigenvalue weighted by Crippen LogP contribution is -2.28. The first-order valence-corrected chi connectivity index (χ1v) is 15.2. The van der Waals surface area contributed by atoms with Gasteiger partial charge in [0.1, 0.15) is 5.75 Å². The maximum Gasteiger partial charge on any atom is 0.119 e. The topological polar surface area (TPSA) is 18.5 Å². The molecule has 1 aromatic rings. The van der Waals surface area contributed by atoms with Gasteiger partial charge < -0.3 is 9.47 Å². The van der Waals surface area contributed by atoms with Gasteiger partial charge in [0, 0.05) is 6.61 Å². The first-order valence-electron chi connectivity index (χ1n) is 15.2. The van der Waals surface area contributed by atoms with Gasteiger partial charge >= 0.3 is 0 Å². The molecule has 196 valence electrons. The molecule has 3 aliphatic carbocycles. The SMILES string of the molecule is C=C1CCC(c2ccc(OCCCCOC3CCC(C4CCC(CCCC)CC4)CC3)cc2)CC1. The second-order valence-electron chi connectivity index (χ2n) is 12.0. The molecule has 0 heterocycles. The molecule has 0 spiro atoms. The molecule has 0 N–H and O–H groups in total. The molecular weight excluding hydrogens is 428 g/mol. The molecule has 2 heteroatoms. The first kappa shape index (κ1) is 26.8. The van der Waals surface area contributed by atoms with Crippen molar-refractivity contribution in [3.8, 4) is 5.75 Å². The summed E-state index contributed by atoms with van der Waals surface area (Å²) in [6.07, 6.45) is 23.3. The number of allylic oxidation sites excluding steroid dienone is 1. The average Bonchev–Trinajstić information content (AvgIpc) is 2.91. The van der Waals surface area contributed by atoms with Gasteiger partial charge in [-0.1, -0.05) is 63.3 Å². The highest BCUT2D eigenvalue weighted by molar-refractivity contribution is 5.30. The minimum atomic E-state index is 0.512. The van der Waals surface area contributed by atoms with E-state index in [1.165, 1.54) is 107 Å². The van der Waals surface area contributed by atoms with Crippen molar-refractivity contribution in [3.63, 3.8) is 0 Å². The van der Waals surface area contributed by atoms with Gasteiger partial charge in [-0.25, -0.2) is 0 Å². The van der Waals surface area contributed by atoms with Gasteiger partial charge in [-0.3, -0.25) is 0 Å². The van der Waals surface area contributed by atoms with Crippen molar-refractivity contribution in [1.29, 1.82) is 0 Å². The highest BCUT2D eigenvalue weighted by atomic mass is 16.5. The van der Waals surface area contributed by atoms with E-state index in [0.717, 1.165) is 49.6 Å². The molecule has 0 aromatic heterocycles. The van der Waals surface area contributed by atoms with Gasteiger partial charge in [-0.15, -0.1) is 0 Å². The Hall–Kier alpha value is -1.28. The maximum atomic E-state index is 6.26. The largest absolute Gasteiger partial charge is 0.494 e. The molecule has 0 radical (unpaired) electrons. The van der Waals surface area contributed by atoms with Crippen molar-refractivity contribution in [3.05, 3.63) is 42.0 Å². The molecule has 0 atom stereocenters. The van der Waals surface area contributed by atoms with E-state index in [4.69, 9.17) is 9.47 Å². The minimum absolute atomic E-state index is 0.512. The van der Waals surface area contributed by atoms with Crippen molar-refractivity contribution in [2.24, 2.45) is 17.8 Å². The van der Waals surface area contributed by atoms with E-state index in [-0.39, 0.29) is 0 Å². The summed E-state index contributed by atoms with van der Waals surface area (Å²) in [5.74, 6) is 4.75. The lowest BCUT2D eigenvalue weighted by atomic mass is 9.70.